The van der Waals surface area contributed by atoms with Gasteiger partial charge in [-0.1, -0.05) is 12.1 Å². The van der Waals surface area contributed by atoms with Gasteiger partial charge in [-0.2, -0.15) is 0 Å². The maximum Gasteiger partial charge on any atom is 0.254 e. The highest BCUT2D eigenvalue weighted by Gasteiger charge is 2.56. The molecule has 12 heteroatoms. The first-order chi connectivity index (χ1) is 25.1. The number of phenols is 1. The molecule has 7 heterocycles. The van der Waals surface area contributed by atoms with Gasteiger partial charge in [-0.3, -0.25) is 9.69 Å². The van der Waals surface area contributed by atoms with Crippen molar-refractivity contribution in [1.29, 1.82) is 0 Å². The number of piperidine rings is 2. The monoisotopic (exact) mass is 691 g/mol. The number of fused-ring (bicyclic) bond motifs is 5. The molecule has 1 aliphatic carbocycles. The van der Waals surface area contributed by atoms with Crippen molar-refractivity contribution >= 4 is 23.1 Å². The lowest BCUT2D eigenvalue weighted by atomic mass is 10.0. The van der Waals surface area contributed by atoms with Gasteiger partial charge in [-0.05, 0) is 79.1 Å². The van der Waals surface area contributed by atoms with Crippen LogP contribution in [0.2, 0.25) is 0 Å². The lowest BCUT2D eigenvalue weighted by molar-refractivity contribution is 0.0169. The lowest BCUT2D eigenvalue weighted by Gasteiger charge is -2.46. The highest BCUT2D eigenvalue weighted by molar-refractivity contribution is 5.99. The molecule has 6 aliphatic heterocycles. The van der Waals surface area contributed by atoms with Crippen molar-refractivity contribution in [3.63, 3.8) is 0 Å². The Bertz CT molecular complexity index is 1790. The van der Waals surface area contributed by atoms with Gasteiger partial charge < -0.3 is 40.1 Å². The molecule has 4 saturated heterocycles. The number of hydrogen-bond acceptors (Lipinski definition) is 11. The molecule has 1 saturated carbocycles. The van der Waals surface area contributed by atoms with Crippen LogP contribution in [0.5, 0.6) is 5.75 Å². The van der Waals surface area contributed by atoms with E-state index in [9.17, 15) is 9.90 Å². The number of carbonyl (C=O) groups is 1. The summed E-state index contributed by atoms with van der Waals surface area (Å²) in [7, 11) is 0. The van der Waals surface area contributed by atoms with Crippen LogP contribution in [0.3, 0.4) is 0 Å². The van der Waals surface area contributed by atoms with E-state index in [0.29, 0.717) is 23.3 Å². The number of likely N-dealkylation sites (tertiary alicyclic amines) is 1. The van der Waals surface area contributed by atoms with Crippen LogP contribution in [-0.2, 0) is 11.3 Å². The number of nitrogens with zero attached hydrogens (tertiary/aromatic N) is 7. The van der Waals surface area contributed by atoms with Gasteiger partial charge in [0.05, 0.1) is 30.1 Å². The number of rotatable bonds is 7. The summed E-state index contributed by atoms with van der Waals surface area (Å²) in [5.74, 6) is 3.68. The van der Waals surface area contributed by atoms with Crippen molar-refractivity contribution in [2.75, 3.05) is 100 Å². The summed E-state index contributed by atoms with van der Waals surface area (Å²) in [6.45, 7) is 13.8. The summed E-state index contributed by atoms with van der Waals surface area (Å²) in [5, 5.41) is 26.3. The normalized spacial score (nSPS) is 30.4. The van der Waals surface area contributed by atoms with E-state index in [4.69, 9.17) is 4.74 Å². The van der Waals surface area contributed by atoms with Crippen molar-refractivity contribution in [2.45, 2.75) is 37.6 Å². The Morgan fingerprint density at radius 3 is 2.63 bits per heavy atom. The van der Waals surface area contributed by atoms with E-state index in [1.807, 2.05) is 18.2 Å². The van der Waals surface area contributed by atoms with Gasteiger partial charge in [0.2, 0.25) is 0 Å². The van der Waals surface area contributed by atoms with Crippen LogP contribution in [0, 0.1) is 17.8 Å². The quantitative estimate of drug-likeness (QED) is 0.340. The maximum absolute atomic E-state index is 13.2. The van der Waals surface area contributed by atoms with Crippen LogP contribution in [-0.4, -0.2) is 139 Å². The second-order valence-electron chi connectivity index (χ2n) is 15.9. The zero-order chi connectivity index (χ0) is 34.1. The van der Waals surface area contributed by atoms with Crippen LogP contribution in [0.25, 0.3) is 11.3 Å². The molecule has 0 bridgehead atoms. The Labute approximate surface area is 299 Å². The van der Waals surface area contributed by atoms with E-state index >= 15 is 0 Å². The highest BCUT2D eigenvalue weighted by atomic mass is 16.5. The van der Waals surface area contributed by atoms with Crippen molar-refractivity contribution in [3.8, 4) is 17.0 Å². The number of benzene rings is 2. The van der Waals surface area contributed by atoms with Crippen molar-refractivity contribution in [2.24, 2.45) is 17.8 Å². The summed E-state index contributed by atoms with van der Waals surface area (Å²) < 4.78 is 6.32. The fraction of sp³-hybridized carbons (Fsp3) is 0.564. The summed E-state index contributed by atoms with van der Waals surface area (Å²) in [5.41, 5.74) is 5.80. The fourth-order valence-electron chi connectivity index (χ4n) is 10.1. The molecule has 1 aromatic heterocycles. The molecule has 51 heavy (non-hydrogen) atoms. The molecule has 1 amide bonds. The second-order valence-corrected chi connectivity index (χ2v) is 15.9. The van der Waals surface area contributed by atoms with Crippen molar-refractivity contribution in [1.82, 2.24) is 30.2 Å². The number of aromatic hydroxyl groups is 1. The molecule has 6 atom stereocenters. The summed E-state index contributed by atoms with van der Waals surface area (Å²) in [4.78, 5) is 25.6. The third-order valence-electron chi connectivity index (χ3n) is 12.8. The van der Waals surface area contributed by atoms with E-state index in [0.717, 1.165) is 120 Å². The predicted molar refractivity (Wildman–Crippen MR) is 196 cm³/mol. The van der Waals surface area contributed by atoms with E-state index in [-0.39, 0.29) is 17.8 Å². The lowest BCUT2D eigenvalue weighted by Crippen LogP contribution is -2.58. The van der Waals surface area contributed by atoms with Crippen LogP contribution in [0.15, 0.2) is 48.5 Å². The van der Waals surface area contributed by atoms with Gasteiger partial charge in [0.15, 0.2) is 5.82 Å². The molecule has 7 aliphatic rings. The molecule has 10 rings (SSSR count). The number of amides is 1. The molecule has 3 aromatic rings. The van der Waals surface area contributed by atoms with Crippen LogP contribution >= 0.6 is 0 Å². The molecule has 5 fully saturated rings. The molecule has 0 radical (unpaired) electrons. The minimum Gasteiger partial charge on any atom is -0.507 e. The number of piperazine rings is 1. The standard InChI is InChI=1S/C39H49N9O3/c49-37-6-2-1-5-31(37)35-15-36-38(43-42-35)41-17-28-19-44(10-11-47(28)36)22-32-33-23-45(24-34(32)33)20-29-21-46(12-13-51-29)26-7-8-30-25(14-26)18-48(39(30)50)27-4-3-9-40-16-27/h1-2,5-8,14-15,27-29,32-34,40,49H,3-4,9-13,16-24H2,(H,41,43)/t27?,28-,29+,32?,33-,34+/m0/s1. The number of ether oxygens (including phenoxy) is 1. The molecule has 2 unspecified atom stereocenters. The smallest absolute Gasteiger partial charge is 0.254 e. The SMILES string of the molecule is O=C1c2ccc(N3CCO[C@H](CN4C[C@@H]5C(CN6CCN7c8cc(-c9ccccc9O)nnc8NC[C@H]7C6)[C@@H]5C4)C3)cc2CN1C1CCCNC1. The maximum atomic E-state index is 13.2. The average molecular weight is 692 g/mol. The van der Waals surface area contributed by atoms with Crippen LogP contribution < -0.4 is 20.4 Å². The number of anilines is 3. The number of nitrogens with one attached hydrogen (secondary N) is 2. The summed E-state index contributed by atoms with van der Waals surface area (Å²) in [6, 6.07) is 16.6. The largest absolute Gasteiger partial charge is 0.507 e. The summed E-state index contributed by atoms with van der Waals surface area (Å²) >= 11 is 0. The number of phenolic OH excluding ortho intramolecular Hbond substituents is 1. The molecule has 268 valence electrons. The molecule has 12 nitrogen and oxygen atoms in total. The fourth-order valence-corrected chi connectivity index (χ4v) is 10.1. The van der Waals surface area contributed by atoms with Crippen LogP contribution in [0.1, 0.15) is 28.8 Å². The average Bonchev–Trinajstić information content (AvgIpc) is 3.44. The van der Waals surface area contributed by atoms with E-state index in [1.165, 1.54) is 30.9 Å². The first kappa shape index (κ1) is 31.7. The number of hydrogen-bond donors (Lipinski definition) is 3. The summed E-state index contributed by atoms with van der Waals surface area (Å²) in [6.07, 6.45) is 2.44. The molecule has 2 aromatic carbocycles. The van der Waals surface area contributed by atoms with Gasteiger partial charge in [0.1, 0.15) is 5.75 Å². The molecular weight excluding hydrogens is 642 g/mol. The Morgan fingerprint density at radius 1 is 0.863 bits per heavy atom. The van der Waals surface area contributed by atoms with Gasteiger partial charge in [-0.25, -0.2) is 0 Å². The zero-order valence-corrected chi connectivity index (χ0v) is 29.3. The minimum absolute atomic E-state index is 0.200. The Kier molecular flexibility index (Phi) is 8.03. The number of aromatic nitrogens is 2. The van der Waals surface area contributed by atoms with E-state index in [2.05, 4.69) is 69.6 Å². The minimum atomic E-state index is 0.200. The Hall–Kier alpha value is -3.97. The van der Waals surface area contributed by atoms with E-state index in [1.54, 1.807) is 6.07 Å². The number of para-hydroxylation sites is 1. The second kappa shape index (κ2) is 12.9. The van der Waals surface area contributed by atoms with Crippen molar-refractivity contribution in [3.05, 3.63) is 59.7 Å². The van der Waals surface area contributed by atoms with Crippen molar-refractivity contribution < 1.29 is 14.6 Å². The topological polar surface area (TPSA) is 113 Å². The first-order valence-corrected chi connectivity index (χ1v) is 19.2. The first-order valence-electron chi connectivity index (χ1n) is 19.2. The molecule has 3 N–H and O–H groups in total. The van der Waals surface area contributed by atoms with Gasteiger partial charge in [-0.15, -0.1) is 10.2 Å². The van der Waals surface area contributed by atoms with E-state index < -0.39 is 0 Å². The van der Waals surface area contributed by atoms with Gasteiger partial charge >= 0.3 is 0 Å². The Balaban J connectivity index is 0.708. The molecular formula is C39H49N9O3. The third-order valence-corrected chi connectivity index (χ3v) is 12.8. The zero-order valence-electron chi connectivity index (χ0n) is 29.3. The van der Waals surface area contributed by atoms with Gasteiger partial charge in [0, 0.05) is 101 Å². The van der Waals surface area contributed by atoms with Crippen LogP contribution in [0.4, 0.5) is 17.2 Å². The third kappa shape index (κ3) is 5.90. The number of morpholine rings is 1. The highest BCUT2D eigenvalue weighted by Crippen LogP contribution is 2.52. The van der Waals surface area contributed by atoms with Gasteiger partial charge in [0.25, 0.3) is 5.91 Å². The number of carbonyl (C=O) groups excluding carboxylic acids is 1. The predicted octanol–water partition coefficient (Wildman–Crippen LogP) is 2.56. The Morgan fingerprint density at radius 2 is 1.76 bits per heavy atom. The molecule has 0 spiro atoms.